The van der Waals surface area contributed by atoms with Gasteiger partial charge in [-0.25, -0.2) is 0 Å². The maximum absolute atomic E-state index is 4.13. The normalized spacial score (nSPS) is 14.9. The van der Waals surface area contributed by atoms with E-state index in [1.165, 1.54) is 18.4 Å². The van der Waals surface area contributed by atoms with E-state index in [2.05, 4.69) is 37.1 Å². The maximum atomic E-state index is 4.13. The first kappa shape index (κ1) is 12.2. The number of pyridine rings is 1. The fourth-order valence-electron chi connectivity index (χ4n) is 1.72. The minimum absolute atomic E-state index is 0.401. The largest absolute Gasteiger partial charge is 0.310 e. The van der Waals surface area contributed by atoms with E-state index in [0.29, 0.717) is 6.04 Å². The minimum atomic E-state index is 0.401. The van der Waals surface area contributed by atoms with Gasteiger partial charge >= 0.3 is 0 Å². The molecule has 2 atom stereocenters. The van der Waals surface area contributed by atoms with E-state index in [0.717, 1.165) is 12.5 Å². The van der Waals surface area contributed by atoms with Crippen molar-refractivity contribution in [1.82, 2.24) is 10.3 Å². The number of hydrogen-bond acceptors (Lipinski definition) is 2. The molecule has 1 aromatic rings. The number of hydrogen-bond donors (Lipinski definition) is 1. The van der Waals surface area contributed by atoms with Gasteiger partial charge in [-0.2, -0.15) is 0 Å². The summed E-state index contributed by atoms with van der Waals surface area (Å²) in [6.07, 6.45) is 6.31. The van der Waals surface area contributed by atoms with Crippen molar-refractivity contribution in [2.45, 2.75) is 39.7 Å². The van der Waals surface area contributed by atoms with Crippen LogP contribution in [0.2, 0.25) is 0 Å². The molecule has 1 heterocycles. The molecule has 0 aromatic carbocycles. The van der Waals surface area contributed by atoms with Crippen LogP contribution in [0.15, 0.2) is 24.5 Å². The summed E-state index contributed by atoms with van der Waals surface area (Å²) in [7, 11) is 0. The Hall–Kier alpha value is -0.890. The van der Waals surface area contributed by atoms with E-state index < -0.39 is 0 Å². The summed E-state index contributed by atoms with van der Waals surface area (Å²) >= 11 is 0. The van der Waals surface area contributed by atoms with Crippen LogP contribution in [0.4, 0.5) is 0 Å². The summed E-state index contributed by atoms with van der Waals surface area (Å²) in [5.41, 5.74) is 1.26. The molecule has 15 heavy (non-hydrogen) atoms. The molecule has 1 aromatic heterocycles. The van der Waals surface area contributed by atoms with Gasteiger partial charge < -0.3 is 5.32 Å². The minimum Gasteiger partial charge on any atom is -0.310 e. The van der Waals surface area contributed by atoms with Gasteiger partial charge in [0.05, 0.1) is 0 Å². The van der Waals surface area contributed by atoms with Gasteiger partial charge in [0, 0.05) is 18.4 Å². The third-order valence-corrected chi connectivity index (χ3v) is 2.74. The average Bonchev–Trinajstić information content (AvgIpc) is 2.27. The molecule has 0 aliphatic rings. The van der Waals surface area contributed by atoms with Gasteiger partial charge in [-0.1, -0.05) is 26.3 Å². The number of nitrogens with one attached hydrogen (secondary N) is 1. The van der Waals surface area contributed by atoms with E-state index in [-0.39, 0.29) is 0 Å². The molecule has 0 spiro atoms. The fourth-order valence-corrected chi connectivity index (χ4v) is 1.72. The van der Waals surface area contributed by atoms with Crippen molar-refractivity contribution >= 4 is 0 Å². The molecule has 1 rings (SSSR count). The lowest BCUT2D eigenvalue weighted by Crippen LogP contribution is -2.24. The molecule has 0 saturated carbocycles. The maximum Gasteiger partial charge on any atom is 0.0315 e. The summed E-state index contributed by atoms with van der Waals surface area (Å²) in [5.74, 6) is 0.758. The van der Waals surface area contributed by atoms with Crippen molar-refractivity contribution in [3.63, 3.8) is 0 Å². The van der Waals surface area contributed by atoms with Crippen LogP contribution < -0.4 is 5.32 Å². The quantitative estimate of drug-likeness (QED) is 0.773. The molecule has 0 fully saturated rings. The van der Waals surface area contributed by atoms with Crippen LogP contribution in [-0.2, 0) is 0 Å². The zero-order valence-corrected chi connectivity index (χ0v) is 10.0. The first-order valence-corrected chi connectivity index (χ1v) is 5.87. The van der Waals surface area contributed by atoms with Gasteiger partial charge in [-0.15, -0.1) is 0 Å². The molecule has 2 unspecified atom stereocenters. The predicted molar refractivity (Wildman–Crippen MR) is 64.7 cm³/mol. The van der Waals surface area contributed by atoms with E-state index in [1.807, 2.05) is 18.5 Å². The number of aromatic nitrogens is 1. The van der Waals surface area contributed by atoms with Crippen LogP contribution in [0.25, 0.3) is 0 Å². The van der Waals surface area contributed by atoms with Crippen molar-refractivity contribution in [3.8, 4) is 0 Å². The highest BCUT2D eigenvalue weighted by molar-refractivity contribution is 5.12. The summed E-state index contributed by atoms with van der Waals surface area (Å²) in [6.45, 7) is 7.81. The van der Waals surface area contributed by atoms with Crippen molar-refractivity contribution < 1.29 is 0 Å². The Bertz CT molecular complexity index is 258. The molecule has 84 valence electrons. The van der Waals surface area contributed by atoms with Crippen LogP contribution >= 0.6 is 0 Å². The Labute approximate surface area is 93.1 Å². The Morgan fingerprint density at radius 2 is 2.20 bits per heavy atom. The zero-order chi connectivity index (χ0) is 11.1. The summed E-state index contributed by atoms with van der Waals surface area (Å²) in [4.78, 5) is 4.13. The molecule has 2 nitrogen and oxygen atoms in total. The predicted octanol–water partition coefficient (Wildman–Crippen LogP) is 3.17. The molecule has 0 bridgehead atoms. The third kappa shape index (κ3) is 4.43. The van der Waals surface area contributed by atoms with Crippen LogP contribution in [0.3, 0.4) is 0 Å². The van der Waals surface area contributed by atoms with Gasteiger partial charge in [-0.3, -0.25) is 4.98 Å². The molecule has 0 radical (unpaired) electrons. The van der Waals surface area contributed by atoms with Crippen molar-refractivity contribution in [2.24, 2.45) is 5.92 Å². The molecule has 0 aliphatic heterocycles. The zero-order valence-electron chi connectivity index (χ0n) is 10.0. The third-order valence-electron chi connectivity index (χ3n) is 2.74. The standard InChI is InChI=1S/C13H22N2/c1-4-6-11(2)9-15-12(3)13-7-5-8-14-10-13/h5,7-8,10-12,15H,4,6,9H2,1-3H3. The number of rotatable bonds is 6. The molecule has 1 N–H and O–H groups in total. The monoisotopic (exact) mass is 206 g/mol. The lowest BCUT2D eigenvalue weighted by molar-refractivity contribution is 0.443. The molecule has 2 heteroatoms. The summed E-state index contributed by atoms with van der Waals surface area (Å²) in [6, 6.07) is 4.51. The second-order valence-corrected chi connectivity index (χ2v) is 4.31. The van der Waals surface area contributed by atoms with Gasteiger partial charge in [-0.05, 0) is 37.4 Å². The highest BCUT2D eigenvalue weighted by Crippen LogP contribution is 2.11. The summed E-state index contributed by atoms with van der Waals surface area (Å²) < 4.78 is 0. The molecule has 0 aliphatic carbocycles. The van der Waals surface area contributed by atoms with Crippen LogP contribution in [0, 0.1) is 5.92 Å². The van der Waals surface area contributed by atoms with Crippen LogP contribution in [0.1, 0.15) is 45.2 Å². The fraction of sp³-hybridized carbons (Fsp3) is 0.615. The highest BCUT2D eigenvalue weighted by atomic mass is 14.9. The Morgan fingerprint density at radius 3 is 2.80 bits per heavy atom. The SMILES string of the molecule is CCCC(C)CNC(C)c1cccnc1. The van der Waals surface area contributed by atoms with Crippen molar-refractivity contribution in [2.75, 3.05) is 6.54 Å². The van der Waals surface area contributed by atoms with Gasteiger partial charge in [0.25, 0.3) is 0 Å². The van der Waals surface area contributed by atoms with E-state index in [4.69, 9.17) is 0 Å². The topological polar surface area (TPSA) is 24.9 Å². The second-order valence-electron chi connectivity index (χ2n) is 4.31. The van der Waals surface area contributed by atoms with E-state index in [9.17, 15) is 0 Å². The second kappa shape index (κ2) is 6.57. The van der Waals surface area contributed by atoms with Crippen molar-refractivity contribution in [3.05, 3.63) is 30.1 Å². The van der Waals surface area contributed by atoms with E-state index in [1.54, 1.807) is 0 Å². The summed E-state index contributed by atoms with van der Waals surface area (Å²) in [5, 5.41) is 3.54. The van der Waals surface area contributed by atoms with Gasteiger partial charge in [0.2, 0.25) is 0 Å². The van der Waals surface area contributed by atoms with Crippen LogP contribution in [0.5, 0.6) is 0 Å². The Morgan fingerprint density at radius 1 is 1.40 bits per heavy atom. The lowest BCUT2D eigenvalue weighted by Gasteiger charge is -2.17. The van der Waals surface area contributed by atoms with Gasteiger partial charge in [0.1, 0.15) is 0 Å². The van der Waals surface area contributed by atoms with E-state index >= 15 is 0 Å². The Kier molecular flexibility index (Phi) is 5.33. The highest BCUT2D eigenvalue weighted by Gasteiger charge is 2.06. The first-order valence-electron chi connectivity index (χ1n) is 5.87. The molecule has 0 saturated heterocycles. The Balaban J connectivity index is 2.33. The smallest absolute Gasteiger partial charge is 0.0315 e. The molecular weight excluding hydrogens is 184 g/mol. The average molecular weight is 206 g/mol. The lowest BCUT2D eigenvalue weighted by atomic mass is 10.1. The first-order chi connectivity index (χ1) is 7.24. The number of nitrogens with zero attached hydrogens (tertiary/aromatic N) is 1. The van der Waals surface area contributed by atoms with Crippen molar-refractivity contribution in [1.29, 1.82) is 0 Å². The van der Waals surface area contributed by atoms with Crippen LogP contribution in [-0.4, -0.2) is 11.5 Å². The molecular formula is C13H22N2. The molecule has 0 amide bonds. The van der Waals surface area contributed by atoms with Gasteiger partial charge in [0.15, 0.2) is 0 Å².